The second-order valence-electron chi connectivity index (χ2n) is 12.0. The van der Waals surface area contributed by atoms with E-state index < -0.39 is 12.2 Å². The van der Waals surface area contributed by atoms with Gasteiger partial charge in [0.25, 0.3) is 0 Å². The maximum Gasteiger partial charge on any atom is 0.514 e. The first-order valence-electron chi connectivity index (χ1n) is 15.8. The van der Waals surface area contributed by atoms with Crippen molar-refractivity contribution in [2.45, 2.75) is 37.9 Å². The Morgan fingerprint density at radius 1 is 1.09 bits per heavy atom. The van der Waals surface area contributed by atoms with Crippen LogP contribution in [0.4, 0.5) is 26.8 Å². The van der Waals surface area contributed by atoms with Crippen LogP contribution >= 0.6 is 0 Å². The number of carbonyl (C=O) groups excluding carboxylic acids is 1. The van der Waals surface area contributed by atoms with Crippen molar-refractivity contribution >= 4 is 29.4 Å². The summed E-state index contributed by atoms with van der Waals surface area (Å²) in [6.07, 6.45) is 3.63. The van der Waals surface area contributed by atoms with Gasteiger partial charge < -0.3 is 39.8 Å². The summed E-state index contributed by atoms with van der Waals surface area (Å²) in [5.74, 6) is 1.22. The highest BCUT2D eigenvalue weighted by Crippen LogP contribution is 2.39. The Morgan fingerprint density at radius 2 is 1.87 bits per heavy atom. The number of rotatable bonds is 10. The number of ether oxygens (including phenoxy) is 3. The van der Waals surface area contributed by atoms with Gasteiger partial charge >= 0.3 is 12.2 Å². The number of nitrogens with zero attached hydrogens (tertiary/aromatic N) is 7. The Morgan fingerprint density at radius 3 is 2.62 bits per heavy atom. The van der Waals surface area contributed by atoms with Crippen LogP contribution in [-0.2, 0) is 4.74 Å². The van der Waals surface area contributed by atoms with Crippen LogP contribution in [0.25, 0.3) is 11.3 Å². The number of nitrogens with two attached hydrogens (primary N) is 1. The number of anilines is 3. The van der Waals surface area contributed by atoms with E-state index in [4.69, 9.17) is 19.9 Å². The Balaban J connectivity index is 1.11. The molecule has 5 heterocycles. The lowest BCUT2D eigenvalue weighted by Gasteiger charge is -2.43. The quantitative estimate of drug-likeness (QED) is 0.187. The molecule has 0 saturated carbocycles. The van der Waals surface area contributed by atoms with E-state index in [1.165, 1.54) is 11.0 Å². The number of fused-ring (bicyclic) bond motifs is 2. The van der Waals surface area contributed by atoms with Crippen LogP contribution in [0, 0.1) is 0 Å². The van der Waals surface area contributed by atoms with Crippen LogP contribution in [0.5, 0.6) is 11.6 Å². The van der Waals surface area contributed by atoms with Crippen LogP contribution in [-0.4, -0.2) is 113 Å². The van der Waals surface area contributed by atoms with Gasteiger partial charge in [0.1, 0.15) is 19.0 Å². The summed E-state index contributed by atoms with van der Waals surface area (Å²) < 4.78 is 16.5. The zero-order valence-corrected chi connectivity index (χ0v) is 26.4. The van der Waals surface area contributed by atoms with Gasteiger partial charge in [-0.05, 0) is 44.0 Å². The van der Waals surface area contributed by atoms with Gasteiger partial charge in [0, 0.05) is 80.9 Å². The summed E-state index contributed by atoms with van der Waals surface area (Å²) in [4.78, 5) is 36.3. The zero-order chi connectivity index (χ0) is 32.9. The molecular weight excluding hydrogens is 604 g/mol. The predicted octanol–water partition coefficient (Wildman–Crippen LogP) is 3.74. The summed E-state index contributed by atoms with van der Waals surface area (Å²) in [6, 6.07) is 13.7. The summed E-state index contributed by atoms with van der Waals surface area (Å²) in [5, 5.41) is 17.9. The topological polar surface area (TPSA) is 160 Å². The minimum Gasteiger partial charge on any atom is -0.476 e. The van der Waals surface area contributed by atoms with E-state index in [9.17, 15) is 14.7 Å². The number of hydrogen-bond acceptors (Lipinski definition) is 12. The van der Waals surface area contributed by atoms with Crippen molar-refractivity contribution in [3.63, 3.8) is 0 Å². The molecule has 47 heavy (non-hydrogen) atoms. The number of piperazine rings is 2. The summed E-state index contributed by atoms with van der Waals surface area (Å²) in [7, 11) is 0. The third-order valence-electron chi connectivity index (χ3n) is 8.98. The average Bonchev–Trinajstić information content (AvgIpc) is 3.34. The highest BCUT2D eigenvalue weighted by Gasteiger charge is 2.41. The minimum absolute atomic E-state index is 0.0453. The largest absolute Gasteiger partial charge is 0.514 e. The normalized spacial score (nSPS) is 21.0. The van der Waals surface area contributed by atoms with Gasteiger partial charge in [0.15, 0.2) is 5.82 Å². The van der Waals surface area contributed by atoms with E-state index >= 15 is 0 Å². The molecule has 3 unspecified atom stereocenters. The van der Waals surface area contributed by atoms with Gasteiger partial charge in [-0.2, -0.15) is 0 Å². The van der Waals surface area contributed by atoms with Gasteiger partial charge in [-0.25, -0.2) is 14.6 Å². The fourth-order valence-electron chi connectivity index (χ4n) is 6.72. The van der Waals surface area contributed by atoms with Gasteiger partial charge in [0.05, 0.1) is 11.4 Å². The molecular formula is C33H40N8O6. The summed E-state index contributed by atoms with van der Waals surface area (Å²) in [6.45, 7) is 9.97. The van der Waals surface area contributed by atoms with Gasteiger partial charge in [0.2, 0.25) is 5.88 Å². The van der Waals surface area contributed by atoms with Crippen molar-refractivity contribution < 1.29 is 28.9 Å². The van der Waals surface area contributed by atoms with E-state index in [1.54, 1.807) is 18.3 Å². The van der Waals surface area contributed by atoms with E-state index in [0.29, 0.717) is 61.5 Å². The van der Waals surface area contributed by atoms with Crippen molar-refractivity contribution in [3.05, 3.63) is 61.3 Å². The first-order chi connectivity index (χ1) is 22.8. The maximum atomic E-state index is 12.1. The number of amides is 1. The fraction of sp³-hybridized carbons (Fsp3) is 0.424. The van der Waals surface area contributed by atoms with Crippen LogP contribution in [0.2, 0.25) is 0 Å². The molecule has 1 aromatic carbocycles. The molecule has 0 spiro atoms. The van der Waals surface area contributed by atoms with Crippen LogP contribution in [0.3, 0.4) is 0 Å². The number of pyridine rings is 1. The van der Waals surface area contributed by atoms with E-state index in [0.717, 1.165) is 37.3 Å². The highest BCUT2D eigenvalue weighted by molar-refractivity contribution is 5.77. The number of carboxylic acid groups (broad SMARTS) is 1. The SMILES string of the molecule is C=CCOC(=O)Oc1ccccc1-c1cc(N2CC3CCC(C2)N3c2ccnc(OCCN3CCN(C(=O)O)CC3C)c2)c(N)nn1. The molecule has 2 aromatic heterocycles. The Kier molecular flexibility index (Phi) is 9.57. The number of para-hydroxylation sites is 1. The first kappa shape index (κ1) is 31.9. The molecule has 3 saturated heterocycles. The average molecular weight is 645 g/mol. The fourth-order valence-corrected chi connectivity index (χ4v) is 6.72. The molecule has 2 bridgehead atoms. The van der Waals surface area contributed by atoms with Crippen LogP contribution in [0.1, 0.15) is 19.8 Å². The molecule has 3 fully saturated rings. The molecule has 3 aliphatic rings. The van der Waals surface area contributed by atoms with E-state index in [1.807, 2.05) is 37.3 Å². The second kappa shape index (κ2) is 14.1. The standard InChI is InChI=1S/C33H40N8O6/c1-3-15-46-33(44)47-29-7-5-4-6-26(29)27-18-28(31(34)37-36-27)40-20-24-8-9-25(21-40)41(24)23-10-11-35-30(17-23)45-16-14-38-12-13-39(32(42)43)19-22(38)2/h3-7,10-11,17-18,22,24-25H,1,8-9,12-16,19-21H2,2H3,(H2,34,37)(H,42,43). The zero-order valence-electron chi connectivity index (χ0n) is 26.4. The summed E-state index contributed by atoms with van der Waals surface area (Å²) in [5.41, 5.74) is 9.36. The first-order valence-corrected chi connectivity index (χ1v) is 15.8. The molecule has 14 nitrogen and oxygen atoms in total. The van der Waals surface area contributed by atoms with Crippen molar-refractivity contribution in [2.24, 2.45) is 0 Å². The lowest BCUT2D eigenvalue weighted by atomic mass is 10.1. The van der Waals surface area contributed by atoms with Gasteiger partial charge in [-0.1, -0.05) is 24.8 Å². The number of hydrogen-bond donors (Lipinski definition) is 2. The summed E-state index contributed by atoms with van der Waals surface area (Å²) >= 11 is 0. The molecule has 3 atom stereocenters. The van der Waals surface area contributed by atoms with Crippen molar-refractivity contribution in [1.29, 1.82) is 0 Å². The molecule has 248 valence electrons. The third-order valence-corrected chi connectivity index (χ3v) is 8.98. The Hall–Kier alpha value is -5.11. The Bertz CT molecular complexity index is 1590. The lowest BCUT2D eigenvalue weighted by Crippen LogP contribution is -2.54. The monoisotopic (exact) mass is 644 g/mol. The molecule has 6 rings (SSSR count). The molecule has 3 aromatic rings. The number of nitrogen functional groups attached to an aromatic ring is 1. The van der Waals surface area contributed by atoms with Crippen molar-refractivity contribution in [2.75, 3.05) is 68.0 Å². The number of carbonyl (C=O) groups is 2. The number of benzene rings is 1. The molecule has 3 aliphatic heterocycles. The van der Waals surface area contributed by atoms with Crippen molar-refractivity contribution in [1.82, 2.24) is 25.0 Å². The Labute approximate surface area is 273 Å². The van der Waals surface area contributed by atoms with E-state index in [2.05, 4.69) is 36.5 Å². The molecule has 3 N–H and O–H groups in total. The number of aromatic nitrogens is 3. The predicted molar refractivity (Wildman–Crippen MR) is 176 cm³/mol. The van der Waals surface area contributed by atoms with Crippen LogP contribution < -0.4 is 25.0 Å². The van der Waals surface area contributed by atoms with E-state index in [-0.39, 0.29) is 24.7 Å². The van der Waals surface area contributed by atoms with Crippen LogP contribution in [0.15, 0.2) is 61.3 Å². The molecule has 1 amide bonds. The second-order valence-corrected chi connectivity index (χ2v) is 12.0. The maximum absolute atomic E-state index is 12.1. The lowest BCUT2D eigenvalue weighted by molar-refractivity contribution is 0.0668. The molecule has 0 radical (unpaired) electrons. The highest BCUT2D eigenvalue weighted by atomic mass is 16.7. The van der Waals surface area contributed by atoms with Gasteiger partial charge in [-0.15, -0.1) is 10.2 Å². The smallest absolute Gasteiger partial charge is 0.476 e. The van der Waals surface area contributed by atoms with Gasteiger partial charge in [-0.3, -0.25) is 4.90 Å². The molecule has 14 heteroatoms. The molecule has 0 aliphatic carbocycles. The minimum atomic E-state index is -0.870. The third kappa shape index (κ3) is 7.17. The van der Waals surface area contributed by atoms with Crippen molar-refractivity contribution in [3.8, 4) is 22.9 Å².